The summed E-state index contributed by atoms with van der Waals surface area (Å²) in [5, 5.41) is -0.486. The SMILES string of the molecule is CC(C)S(=O)(=O)Nc1ccc2c(c1)CCN2C(=O)C(C)(C)C. The maximum absolute atomic E-state index is 12.4. The Morgan fingerprint density at radius 1 is 1.27 bits per heavy atom. The van der Waals surface area contributed by atoms with Crippen molar-refractivity contribution in [1.29, 1.82) is 0 Å². The zero-order valence-corrected chi connectivity index (χ0v) is 14.6. The molecule has 0 unspecified atom stereocenters. The lowest BCUT2D eigenvalue weighted by molar-refractivity contribution is -0.125. The first kappa shape index (κ1) is 16.8. The number of nitrogens with one attached hydrogen (secondary N) is 1. The minimum atomic E-state index is -3.35. The van der Waals surface area contributed by atoms with Crippen LogP contribution in [-0.2, 0) is 21.2 Å². The van der Waals surface area contributed by atoms with Gasteiger partial charge in [0.05, 0.1) is 5.25 Å². The summed E-state index contributed by atoms with van der Waals surface area (Å²) in [5.74, 6) is 0.0850. The molecule has 1 aliphatic rings. The Hall–Kier alpha value is -1.56. The third-order valence-corrected chi connectivity index (χ3v) is 5.50. The summed E-state index contributed by atoms with van der Waals surface area (Å²) in [6.07, 6.45) is 0.744. The summed E-state index contributed by atoms with van der Waals surface area (Å²) in [6, 6.07) is 5.36. The van der Waals surface area contributed by atoms with E-state index in [2.05, 4.69) is 4.72 Å². The number of amides is 1. The molecule has 0 saturated heterocycles. The van der Waals surface area contributed by atoms with Crippen molar-refractivity contribution in [2.45, 2.75) is 46.3 Å². The van der Waals surface area contributed by atoms with Gasteiger partial charge in [-0.15, -0.1) is 0 Å². The molecule has 2 rings (SSSR count). The number of rotatable bonds is 3. The van der Waals surface area contributed by atoms with Crippen molar-refractivity contribution in [1.82, 2.24) is 0 Å². The van der Waals surface area contributed by atoms with Gasteiger partial charge in [-0.05, 0) is 44.0 Å². The summed E-state index contributed by atoms with van der Waals surface area (Å²) in [4.78, 5) is 14.2. The van der Waals surface area contributed by atoms with E-state index in [1.54, 1.807) is 24.8 Å². The van der Waals surface area contributed by atoms with Gasteiger partial charge in [0.25, 0.3) is 0 Å². The molecule has 1 aliphatic heterocycles. The number of sulfonamides is 1. The van der Waals surface area contributed by atoms with Crippen molar-refractivity contribution in [3.8, 4) is 0 Å². The molecule has 0 spiro atoms. The van der Waals surface area contributed by atoms with Crippen LogP contribution in [0.2, 0.25) is 0 Å². The van der Waals surface area contributed by atoms with Crippen LogP contribution in [0.5, 0.6) is 0 Å². The molecule has 5 nitrogen and oxygen atoms in total. The number of carbonyl (C=O) groups is 1. The van der Waals surface area contributed by atoms with Crippen LogP contribution in [0.1, 0.15) is 40.2 Å². The number of fused-ring (bicyclic) bond motifs is 1. The minimum Gasteiger partial charge on any atom is -0.311 e. The molecule has 1 aromatic rings. The fraction of sp³-hybridized carbons (Fsp3) is 0.562. The molecule has 22 heavy (non-hydrogen) atoms. The number of carbonyl (C=O) groups excluding carboxylic acids is 1. The summed E-state index contributed by atoms with van der Waals surface area (Å²) in [6.45, 7) is 9.63. The third kappa shape index (κ3) is 3.27. The second-order valence-electron chi connectivity index (χ2n) is 7.00. The van der Waals surface area contributed by atoms with E-state index in [0.717, 1.165) is 17.7 Å². The average molecular weight is 324 g/mol. The normalized spacial score (nSPS) is 15.1. The lowest BCUT2D eigenvalue weighted by Crippen LogP contribution is -2.38. The highest BCUT2D eigenvalue weighted by atomic mass is 32.2. The van der Waals surface area contributed by atoms with E-state index in [1.807, 2.05) is 32.9 Å². The summed E-state index contributed by atoms with van der Waals surface area (Å²) < 4.78 is 26.4. The monoisotopic (exact) mass is 324 g/mol. The van der Waals surface area contributed by atoms with E-state index in [4.69, 9.17) is 0 Å². The van der Waals surface area contributed by atoms with Crippen molar-refractivity contribution >= 4 is 27.3 Å². The van der Waals surface area contributed by atoms with E-state index in [9.17, 15) is 13.2 Å². The van der Waals surface area contributed by atoms with Crippen molar-refractivity contribution < 1.29 is 13.2 Å². The average Bonchev–Trinajstić information content (AvgIpc) is 2.78. The van der Waals surface area contributed by atoms with Gasteiger partial charge in [0.15, 0.2) is 0 Å². The van der Waals surface area contributed by atoms with Crippen LogP contribution in [0.4, 0.5) is 11.4 Å². The summed E-state index contributed by atoms with van der Waals surface area (Å²) >= 11 is 0. The third-order valence-electron chi connectivity index (χ3n) is 3.74. The first-order chi connectivity index (χ1) is 10.0. The molecule has 1 amide bonds. The number of nitrogens with zero attached hydrogens (tertiary/aromatic N) is 1. The fourth-order valence-corrected chi connectivity index (χ4v) is 3.05. The van der Waals surface area contributed by atoms with Crippen LogP contribution >= 0.6 is 0 Å². The van der Waals surface area contributed by atoms with E-state index in [0.29, 0.717) is 12.2 Å². The number of hydrogen-bond acceptors (Lipinski definition) is 3. The van der Waals surface area contributed by atoms with Crippen LogP contribution in [0.15, 0.2) is 18.2 Å². The van der Waals surface area contributed by atoms with Crippen LogP contribution in [-0.4, -0.2) is 26.1 Å². The van der Waals surface area contributed by atoms with Crippen molar-refractivity contribution in [3.63, 3.8) is 0 Å². The Kier molecular flexibility index (Phi) is 4.26. The molecule has 0 saturated carbocycles. The predicted molar refractivity (Wildman–Crippen MR) is 89.6 cm³/mol. The number of hydrogen-bond donors (Lipinski definition) is 1. The standard InChI is InChI=1S/C16H24N2O3S/c1-11(2)22(20,21)17-13-6-7-14-12(10-13)8-9-18(14)15(19)16(3,4)5/h6-7,10-11,17H,8-9H2,1-5H3. The van der Waals surface area contributed by atoms with E-state index < -0.39 is 20.7 Å². The maximum Gasteiger partial charge on any atom is 0.235 e. The second kappa shape index (κ2) is 5.57. The Morgan fingerprint density at radius 3 is 2.45 bits per heavy atom. The lowest BCUT2D eigenvalue weighted by Gasteiger charge is -2.26. The molecule has 0 aliphatic carbocycles. The molecule has 122 valence electrons. The molecule has 1 N–H and O–H groups in total. The van der Waals surface area contributed by atoms with Crippen LogP contribution < -0.4 is 9.62 Å². The van der Waals surface area contributed by atoms with Gasteiger partial charge in [-0.1, -0.05) is 20.8 Å². The quantitative estimate of drug-likeness (QED) is 0.929. The Labute approximate surface area is 132 Å². The lowest BCUT2D eigenvalue weighted by atomic mass is 9.94. The summed E-state index contributed by atoms with van der Waals surface area (Å²) in [5.41, 5.74) is 2.01. The molecular weight excluding hydrogens is 300 g/mol. The highest BCUT2D eigenvalue weighted by Crippen LogP contribution is 2.33. The molecule has 0 radical (unpaired) electrons. The van der Waals surface area contributed by atoms with Gasteiger partial charge < -0.3 is 4.90 Å². The Balaban J connectivity index is 2.27. The van der Waals surface area contributed by atoms with Crippen LogP contribution in [0.25, 0.3) is 0 Å². The molecule has 6 heteroatoms. The van der Waals surface area contributed by atoms with Crippen molar-refractivity contribution in [2.75, 3.05) is 16.2 Å². The van der Waals surface area contributed by atoms with Crippen molar-refractivity contribution in [3.05, 3.63) is 23.8 Å². The van der Waals surface area contributed by atoms with Crippen molar-refractivity contribution in [2.24, 2.45) is 5.41 Å². The van der Waals surface area contributed by atoms with Gasteiger partial charge in [0, 0.05) is 23.3 Å². The van der Waals surface area contributed by atoms with E-state index in [-0.39, 0.29) is 5.91 Å². The van der Waals surface area contributed by atoms with Gasteiger partial charge >= 0.3 is 0 Å². The zero-order valence-electron chi connectivity index (χ0n) is 13.8. The largest absolute Gasteiger partial charge is 0.311 e. The van der Waals surface area contributed by atoms with E-state index >= 15 is 0 Å². The Bertz CT molecular complexity index is 688. The smallest absolute Gasteiger partial charge is 0.235 e. The highest BCUT2D eigenvalue weighted by Gasteiger charge is 2.32. The molecule has 0 bridgehead atoms. The molecule has 0 atom stereocenters. The predicted octanol–water partition coefficient (Wildman–Crippen LogP) is 2.77. The summed E-state index contributed by atoms with van der Waals surface area (Å²) in [7, 11) is -3.35. The highest BCUT2D eigenvalue weighted by molar-refractivity contribution is 7.93. The van der Waals surface area contributed by atoms with Crippen LogP contribution in [0.3, 0.4) is 0 Å². The first-order valence-corrected chi connectivity index (χ1v) is 9.03. The number of benzene rings is 1. The van der Waals surface area contributed by atoms with Gasteiger partial charge in [0.2, 0.25) is 15.9 Å². The van der Waals surface area contributed by atoms with Gasteiger partial charge in [-0.2, -0.15) is 0 Å². The zero-order chi connectivity index (χ0) is 16.7. The molecule has 0 fully saturated rings. The minimum absolute atomic E-state index is 0.0850. The second-order valence-corrected chi connectivity index (χ2v) is 9.23. The number of anilines is 2. The van der Waals surface area contributed by atoms with Gasteiger partial charge in [0.1, 0.15) is 0 Å². The van der Waals surface area contributed by atoms with Crippen LogP contribution in [0, 0.1) is 5.41 Å². The molecule has 0 aromatic heterocycles. The van der Waals surface area contributed by atoms with E-state index in [1.165, 1.54) is 0 Å². The molecule has 1 aromatic carbocycles. The first-order valence-electron chi connectivity index (χ1n) is 7.49. The topological polar surface area (TPSA) is 66.5 Å². The van der Waals surface area contributed by atoms with Gasteiger partial charge in [-0.25, -0.2) is 8.42 Å². The maximum atomic E-state index is 12.4. The van der Waals surface area contributed by atoms with Gasteiger partial charge in [-0.3, -0.25) is 9.52 Å². The molecule has 1 heterocycles. The fourth-order valence-electron chi connectivity index (χ4n) is 2.36. The Morgan fingerprint density at radius 2 is 1.91 bits per heavy atom. The molecular formula is C16H24N2O3S.